The molecule has 1 saturated heterocycles. The fourth-order valence-corrected chi connectivity index (χ4v) is 5.34. The van der Waals surface area contributed by atoms with E-state index in [0.717, 1.165) is 43.6 Å². The molecule has 0 aromatic heterocycles. The molecule has 0 unspecified atom stereocenters. The summed E-state index contributed by atoms with van der Waals surface area (Å²) < 4.78 is 25.0. The molecule has 1 aliphatic heterocycles. The molecule has 4 rings (SSSR count). The number of carbonyl (C=O) groups excluding carboxylic acids is 1. The van der Waals surface area contributed by atoms with E-state index < -0.39 is 0 Å². The van der Waals surface area contributed by atoms with Crippen LogP contribution in [0.3, 0.4) is 0 Å². The van der Waals surface area contributed by atoms with E-state index in [9.17, 15) is 9.18 Å². The fourth-order valence-electron chi connectivity index (χ4n) is 5.34. The third-order valence-corrected chi connectivity index (χ3v) is 6.71. The number of halogens is 1. The normalized spacial score (nSPS) is 21.9. The zero-order valence-corrected chi connectivity index (χ0v) is 18.6. The number of fused-ring (bicyclic) bond motifs is 2. The Morgan fingerprint density at radius 3 is 2.75 bits per heavy atom. The van der Waals surface area contributed by atoms with Crippen LogP contribution in [0.5, 0.6) is 0 Å². The van der Waals surface area contributed by atoms with Gasteiger partial charge in [0.25, 0.3) is 0 Å². The minimum Gasteiger partial charge on any atom is -0.375 e. The first kappa shape index (κ1) is 22.6. The molecule has 2 aliphatic rings. The van der Waals surface area contributed by atoms with Gasteiger partial charge in [-0.15, -0.1) is 6.58 Å². The minimum absolute atomic E-state index is 0.0151. The van der Waals surface area contributed by atoms with E-state index in [1.807, 2.05) is 12.1 Å². The Balaban J connectivity index is 1.58. The Kier molecular flexibility index (Phi) is 7.04. The van der Waals surface area contributed by atoms with Crippen LogP contribution in [0.1, 0.15) is 35.6 Å². The van der Waals surface area contributed by atoms with Crippen molar-refractivity contribution in [3.8, 4) is 0 Å². The van der Waals surface area contributed by atoms with Crippen molar-refractivity contribution < 1.29 is 18.7 Å². The van der Waals surface area contributed by atoms with Gasteiger partial charge in [0.1, 0.15) is 12.4 Å². The molecule has 0 saturated carbocycles. The highest BCUT2D eigenvalue weighted by Crippen LogP contribution is 2.52. The maximum absolute atomic E-state index is 13.6. The monoisotopic (exact) mass is 438 g/mol. The number of rotatable bonds is 8. The van der Waals surface area contributed by atoms with Gasteiger partial charge < -0.3 is 14.8 Å². The Hall–Kier alpha value is -2.54. The number of nitrogens with one attached hydrogen (secondary N) is 1. The number of hydrogen-bond acceptors (Lipinski definition) is 4. The number of nitrogens with zero attached hydrogens (tertiary/aromatic N) is 1. The largest absolute Gasteiger partial charge is 0.375 e. The van der Waals surface area contributed by atoms with Crippen LogP contribution >= 0.6 is 0 Å². The second kappa shape index (κ2) is 9.94. The molecule has 1 amide bonds. The average Bonchev–Trinajstić information content (AvgIpc) is 3.03. The lowest BCUT2D eigenvalue weighted by Crippen LogP contribution is -2.51. The van der Waals surface area contributed by atoms with Gasteiger partial charge in [-0.2, -0.15) is 0 Å². The number of amides is 1. The topological polar surface area (TPSA) is 50.8 Å². The number of benzene rings is 2. The van der Waals surface area contributed by atoms with Crippen molar-refractivity contribution in [2.75, 3.05) is 33.4 Å². The molecule has 1 spiro atoms. The van der Waals surface area contributed by atoms with E-state index in [1.165, 1.54) is 18.7 Å². The van der Waals surface area contributed by atoms with Gasteiger partial charge in [-0.05, 0) is 54.8 Å². The van der Waals surface area contributed by atoms with E-state index in [-0.39, 0.29) is 35.9 Å². The zero-order valence-electron chi connectivity index (χ0n) is 18.6. The Morgan fingerprint density at radius 1 is 1.25 bits per heavy atom. The predicted molar refractivity (Wildman–Crippen MR) is 122 cm³/mol. The van der Waals surface area contributed by atoms with Gasteiger partial charge in [0.2, 0.25) is 5.91 Å². The summed E-state index contributed by atoms with van der Waals surface area (Å²) in [5.41, 5.74) is 3.16. The summed E-state index contributed by atoms with van der Waals surface area (Å²) in [6.07, 6.45) is 3.37. The summed E-state index contributed by atoms with van der Waals surface area (Å²) in [5.74, 6) is -0.353. The second-order valence-corrected chi connectivity index (χ2v) is 8.67. The summed E-state index contributed by atoms with van der Waals surface area (Å²) in [4.78, 5) is 14.8. The third kappa shape index (κ3) is 4.49. The average molecular weight is 439 g/mol. The maximum Gasteiger partial charge on any atom is 0.246 e. The number of likely N-dealkylation sites (tertiary alicyclic amines) is 1. The predicted octanol–water partition coefficient (Wildman–Crippen LogP) is 3.75. The highest BCUT2D eigenvalue weighted by atomic mass is 19.1. The van der Waals surface area contributed by atoms with E-state index in [2.05, 4.69) is 35.0 Å². The Morgan fingerprint density at radius 2 is 2.03 bits per heavy atom. The van der Waals surface area contributed by atoms with Crippen molar-refractivity contribution in [3.05, 3.63) is 83.7 Å². The van der Waals surface area contributed by atoms with Crippen LogP contribution in [0, 0.1) is 5.82 Å². The number of ether oxygens (including phenoxy) is 2. The smallest absolute Gasteiger partial charge is 0.246 e. The van der Waals surface area contributed by atoms with Crippen LogP contribution in [0.4, 0.5) is 4.39 Å². The molecule has 32 heavy (non-hydrogen) atoms. The second-order valence-electron chi connectivity index (χ2n) is 8.67. The lowest BCUT2D eigenvalue weighted by atomic mass is 9.71. The van der Waals surface area contributed by atoms with E-state index in [0.29, 0.717) is 6.61 Å². The van der Waals surface area contributed by atoms with Crippen molar-refractivity contribution in [2.24, 2.45) is 0 Å². The number of carbonyl (C=O) groups is 1. The summed E-state index contributed by atoms with van der Waals surface area (Å²) >= 11 is 0. The maximum atomic E-state index is 13.6. The van der Waals surface area contributed by atoms with Gasteiger partial charge in [-0.3, -0.25) is 9.69 Å². The van der Waals surface area contributed by atoms with Crippen LogP contribution in [0.25, 0.3) is 0 Å². The quantitative estimate of drug-likeness (QED) is 0.638. The lowest BCUT2D eigenvalue weighted by Gasteiger charge is -2.44. The van der Waals surface area contributed by atoms with Crippen LogP contribution in [0.15, 0.2) is 61.2 Å². The third-order valence-electron chi connectivity index (χ3n) is 6.71. The molecule has 5 nitrogen and oxygen atoms in total. The van der Waals surface area contributed by atoms with E-state index in [4.69, 9.17) is 9.47 Å². The van der Waals surface area contributed by atoms with Crippen molar-refractivity contribution in [2.45, 2.75) is 36.9 Å². The first-order valence-corrected chi connectivity index (χ1v) is 11.1. The standard InChI is InChI=1S/C26H31FN2O3/c1-3-15-32-25-24(28-23(30)18-31-2)21-9-4-5-10-22(21)26(25)11-13-29(14-12-26)17-19-7-6-8-20(27)16-19/h3-10,16,24-25H,1,11-15,17-18H2,2H3,(H,28,30)/t24-,25+/m1/s1. The minimum atomic E-state index is -0.233. The van der Waals surface area contributed by atoms with Gasteiger partial charge in [-0.25, -0.2) is 4.39 Å². The summed E-state index contributed by atoms with van der Waals surface area (Å²) in [6.45, 7) is 6.72. The van der Waals surface area contributed by atoms with E-state index in [1.54, 1.807) is 18.2 Å². The van der Waals surface area contributed by atoms with Gasteiger partial charge in [-0.1, -0.05) is 42.5 Å². The van der Waals surface area contributed by atoms with Crippen LogP contribution < -0.4 is 5.32 Å². The zero-order chi connectivity index (χ0) is 22.6. The van der Waals surface area contributed by atoms with Crippen molar-refractivity contribution in [1.29, 1.82) is 0 Å². The van der Waals surface area contributed by atoms with Crippen molar-refractivity contribution in [1.82, 2.24) is 10.2 Å². The molecule has 2 aromatic carbocycles. The molecule has 2 aromatic rings. The van der Waals surface area contributed by atoms with Gasteiger partial charge in [0.15, 0.2) is 0 Å². The molecular formula is C26H31FN2O3. The highest BCUT2D eigenvalue weighted by molar-refractivity contribution is 5.78. The fraction of sp³-hybridized carbons (Fsp3) is 0.423. The highest BCUT2D eigenvalue weighted by Gasteiger charge is 2.54. The summed E-state index contributed by atoms with van der Waals surface area (Å²) in [6, 6.07) is 14.9. The molecule has 1 heterocycles. The molecule has 0 radical (unpaired) electrons. The van der Waals surface area contributed by atoms with Crippen molar-refractivity contribution in [3.63, 3.8) is 0 Å². The van der Waals surface area contributed by atoms with E-state index >= 15 is 0 Å². The molecule has 0 bridgehead atoms. The summed E-state index contributed by atoms with van der Waals surface area (Å²) in [5, 5.41) is 3.15. The molecule has 1 N–H and O–H groups in total. The van der Waals surface area contributed by atoms with Gasteiger partial charge in [0, 0.05) is 19.1 Å². The first-order valence-electron chi connectivity index (χ1n) is 11.1. The van der Waals surface area contributed by atoms with Gasteiger partial charge >= 0.3 is 0 Å². The molecule has 1 aliphatic carbocycles. The number of piperidine rings is 1. The SMILES string of the molecule is C=CCO[C@H]1[C@H](NC(=O)COC)c2ccccc2C12CCN(Cc1cccc(F)c1)CC2. The Labute approximate surface area is 189 Å². The number of hydrogen-bond donors (Lipinski definition) is 1. The molecular weight excluding hydrogens is 407 g/mol. The van der Waals surface area contributed by atoms with Crippen molar-refractivity contribution >= 4 is 5.91 Å². The van der Waals surface area contributed by atoms with Crippen LogP contribution in [0.2, 0.25) is 0 Å². The molecule has 1 fully saturated rings. The summed E-state index contributed by atoms with van der Waals surface area (Å²) in [7, 11) is 1.52. The Bertz CT molecular complexity index is 956. The van der Waals surface area contributed by atoms with Gasteiger partial charge in [0.05, 0.1) is 18.8 Å². The lowest BCUT2D eigenvalue weighted by molar-refractivity contribution is -0.127. The van der Waals surface area contributed by atoms with Crippen LogP contribution in [-0.4, -0.2) is 50.3 Å². The first-order chi connectivity index (χ1) is 15.6. The molecule has 2 atom stereocenters. The molecule has 170 valence electrons. The molecule has 6 heteroatoms. The van der Waals surface area contributed by atoms with Crippen LogP contribution in [-0.2, 0) is 26.2 Å². The number of methoxy groups -OCH3 is 1.